The van der Waals surface area contributed by atoms with Gasteiger partial charge in [0.1, 0.15) is 6.33 Å². The Bertz CT molecular complexity index is 1070. The van der Waals surface area contributed by atoms with E-state index in [1.807, 2.05) is 13.8 Å². The minimum Gasteiger partial charge on any atom is -0.332 e. The first-order chi connectivity index (χ1) is 14.2. The molecule has 1 aliphatic rings. The largest absolute Gasteiger partial charge is 0.332 e. The molecule has 4 rings (SSSR count). The molecule has 0 saturated carbocycles. The van der Waals surface area contributed by atoms with Crippen molar-refractivity contribution in [2.24, 2.45) is 0 Å². The highest BCUT2D eigenvalue weighted by Crippen LogP contribution is 2.37. The van der Waals surface area contributed by atoms with Crippen LogP contribution in [0.1, 0.15) is 53.5 Å². The first kappa shape index (κ1) is 22.1. The average Bonchev–Trinajstić information content (AvgIpc) is 3.17. The van der Waals surface area contributed by atoms with Crippen molar-refractivity contribution in [2.45, 2.75) is 46.0 Å². The molecule has 0 bridgehead atoms. The Labute approximate surface area is 178 Å². The Hall–Kier alpha value is -2.61. The topological polar surface area (TPSA) is 63.4 Å². The molecule has 3 heterocycles. The van der Waals surface area contributed by atoms with Gasteiger partial charge in [-0.05, 0) is 43.7 Å². The van der Waals surface area contributed by atoms with E-state index in [0.29, 0.717) is 27.8 Å². The van der Waals surface area contributed by atoms with Gasteiger partial charge in [0, 0.05) is 35.2 Å². The fraction of sp³-hybridized carbons (Fsp3) is 0.429. The Kier molecular flexibility index (Phi) is 6.36. The van der Waals surface area contributed by atoms with Gasteiger partial charge in [-0.25, -0.2) is 18.3 Å². The Morgan fingerprint density at radius 1 is 1.23 bits per heavy atom. The number of likely N-dealkylation sites (tertiary alicyclic amines) is 1. The number of fused-ring (bicyclic) bond motifs is 1. The van der Waals surface area contributed by atoms with Crippen molar-refractivity contribution in [2.75, 3.05) is 13.1 Å². The molecule has 0 spiro atoms. The van der Waals surface area contributed by atoms with E-state index < -0.39 is 24.3 Å². The van der Waals surface area contributed by atoms with Crippen LogP contribution in [0, 0.1) is 13.8 Å². The Morgan fingerprint density at radius 2 is 1.97 bits per heavy atom. The van der Waals surface area contributed by atoms with Gasteiger partial charge in [-0.15, -0.1) is 0 Å². The van der Waals surface area contributed by atoms with Crippen LogP contribution in [0.5, 0.6) is 0 Å². The van der Waals surface area contributed by atoms with Crippen LogP contribution in [-0.4, -0.2) is 49.4 Å². The number of carbonyl (C=O) groups is 1. The van der Waals surface area contributed by atoms with Crippen LogP contribution in [0.2, 0.25) is 5.02 Å². The van der Waals surface area contributed by atoms with Crippen LogP contribution in [0.3, 0.4) is 0 Å². The second kappa shape index (κ2) is 8.63. The van der Waals surface area contributed by atoms with E-state index in [9.17, 15) is 13.6 Å². The second-order valence-electron chi connectivity index (χ2n) is 7.20. The van der Waals surface area contributed by atoms with Crippen molar-refractivity contribution in [3.63, 3.8) is 0 Å². The van der Waals surface area contributed by atoms with Crippen LogP contribution in [-0.2, 0) is 0 Å². The molecule has 0 N–H and O–H groups in total. The average molecular weight is 436 g/mol. The number of nitrogens with zero attached hydrogens (tertiary/aromatic N) is 5. The SMILES string of the molecule is CC.Cc1cc(C2CN(C(=O)c3ccc(Cl)c(C)c3)CC(F)(F)C2)n2ncnc2n1. The summed E-state index contributed by atoms with van der Waals surface area (Å²) in [6.45, 7) is 7.09. The van der Waals surface area contributed by atoms with E-state index in [2.05, 4.69) is 15.1 Å². The lowest BCUT2D eigenvalue weighted by atomic mass is 9.91. The maximum absolute atomic E-state index is 14.6. The van der Waals surface area contributed by atoms with Gasteiger partial charge in [0.15, 0.2) is 0 Å². The summed E-state index contributed by atoms with van der Waals surface area (Å²) in [7, 11) is 0. The molecular formula is C21H24ClF2N5O. The lowest BCUT2D eigenvalue weighted by Gasteiger charge is -2.37. The standard InChI is InChI=1S/C19H18ClF2N5O.C2H6/c1-11-5-13(3-4-15(11)20)17(28)26-8-14(7-19(21,22)9-26)16-6-12(2)25-18-23-10-24-27(16)18;1-2/h3-6,10,14H,7-9H2,1-2H3;1-2H3. The number of hydrogen-bond acceptors (Lipinski definition) is 4. The molecule has 0 radical (unpaired) electrons. The lowest BCUT2D eigenvalue weighted by Crippen LogP contribution is -2.49. The zero-order chi connectivity index (χ0) is 22.1. The van der Waals surface area contributed by atoms with Crippen LogP contribution in [0.25, 0.3) is 5.78 Å². The van der Waals surface area contributed by atoms with Crippen LogP contribution >= 0.6 is 11.6 Å². The van der Waals surface area contributed by atoms with Gasteiger partial charge in [0.05, 0.1) is 12.2 Å². The van der Waals surface area contributed by atoms with Crippen molar-refractivity contribution in [1.29, 1.82) is 0 Å². The molecule has 1 aromatic carbocycles. The summed E-state index contributed by atoms with van der Waals surface area (Å²) in [5, 5.41) is 4.64. The number of piperidine rings is 1. The molecule has 6 nitrogen and oxygen atoms in total. The van der Waals surface area contributed by atoms with Crippen molar-refractivity contribution >= 4 is 23.3 Å². The van der Waals surface area contributed by atoms with Gasteiger partial charge in [0.25, 0.3) is 17.6 Å². The molecule has 1 fully saturated rings. The summed E-state index contributed by atoms with van der Waals surface area (Å²) in [5.41, 5.74) is 2.30. The summed E-state index contributed by atoms with van der Waals surface area (Å²) in [6, 6.07) is 6.52. The van der Waals surface area contributed by atoms with E-state index in [1.54, 1.807) is 38.1 Å². The summed E-state index contributed by atoms with van der Waals surface area (Å²) in [4.78, 5) is 22.4. The predicted molar refractivity (Wildman–Crippen MR) is 111 cm³/mol. The zero-order valence-electron chi connectivity index (χ0n) is 17.4. The van der Waals surface area contributed by atoms with Gasteiger partial charge in [0.2, 0.25) is 0 Å². The van der Waals surface area contributed by atoms with Gasteiger partial charge in [-0.2, -0.15) is 10.1 Å². The summed E-state index contributed by atoms with van der Waals surface area (Å²) < 4.78 is 30.6. The number of aryl methyl sites for hydroxylation is 2. The minimum atomic E-state index is -3.01. The van der Waals surface area contributed by atoms with Crippen molar-refractivity contribution in [3.8, 4) is 0 Å². The molecule has 0 aliphatic carbocycles. The van der Waals surface area contributed by atoms with Gasteiger partial charge in [-0.1, -0.05) is 25.4 Å². The molecule has 9 heteroatoms. The minimum absolute atomic E-state index is 0.161. The molecule has 1 unspecified atom stereocenters. The number of rotatable bonds is 2. The molecule has 3 aromatic rings. The third-order valence-electron chi connectivity index (χ3n) is 4.93. The van der Waals surface area contributed by atoms with Crippen LogP contribution in [0.4, 0.5) is 8.78 Å². The summed E-state index contributed by atoms with van der Waals surface area (Å²) in [5.74, 6) is -3.68. The van der Waals surface area contributed by atoms with E-state index in [4.69, 9.17) is 11.6 Å². The first-order valence-electron chi connectivity index (χ1n) is 9.84. The number of halogens is 3. The maximum atomic E-state index is 14.6. The van der Waals surface area contributed by atoms with Gasteiger partial charge >= 0.3 is 0 Å². The quantitative estimate of drug-likeness (QED) is 0.586. The van der Waals surface area contributed by atoms with Crippen LogP contribution in [0.15, 0.2) is 30.6 Å². The molecule has 30 heavy (non-hydrogen) atoms. The molecule has 160 valence electrons. The third-order valence-corrected chi connectivity index (χ3v) is 5.35. The number of amides is 1. The lowest BCUT2D eigenvalue weighted by molar-refractivity contribution is -0.0641. The van der Waals surface area contributed by atoms with E-state index in [0.717, 1.165) is 5.56 Å². The van der Waals surface area contributed by atoms with Gasteiger partial charge < -0.3 is 4.90 Å². The summed E-state index contributed by atoms with van der Waals surface area (Å²) in [6.07, 6.45) is 0.973. The Morgan fingerprint density at radius 3 is 2.67 bits per heavy atom. The predicted octanol–water partition coefficient (Wildman–Crippen LogP) is 4.69. The number of carbonyl (C=O) groups excluding carboxylic acids is 1. The number of aromatic nitrogens is 4. The molecule has 1 saturated heterocycles. The molecule has 2 aromatic heterocycles. The van der Waals surface area contributed by atoms with Crippen LogP contribution < -0.4 is 0 Å². The molecular weight excluding hydrogens is 412 g/mol. The van der Waals surface area contributed by atoms with Crippen molar-refractivity contribution < 1.29 is 13.6 Å². The number of alkyl halides is 2. The first-order valence-corrected chi connectivity index (χ1v) is 10.2. The molecule has 1 atom stereocenters. The van der Waals surface area contributed by atoms with Gasteiger partial charge in [-0.3, -0.25) is 4.79 Å². The highest BCUT2D eigenvalue weighted by atomic mass is 35.5. The normalized spacial score (nSPS) is 18.1. The van der Waals surface area contributed by atoms with E-state index in [1.165, 1.54) is 15.7 Å². The maximum Gasteiger partial charge on any atom is 0.266 e. The zero-order valence-corrected chi connectivity index (χ0v) is 18.1. The van der Waals surface area contributed by atoms with E-state index >= 15 is 0 Å². The smallest absolute Gasteiger partial charge is 0.266 e. The number of benzene rings is 1. The van der Waals surface area contributed by atoms with Crippen molar-refractivity contribution in [3.05, 3.63) is 58.1 Å². The van der Waals surface area contributed by atoms with E-state index in [-0.39, 0.29) is 13.0 Å². The molecule has 1 amide bonds. The van der Waals surface area contributed by atoms with Crippen molar-refractivity contribution in [1.82, 2.24) is 24.5 Å². The third kappa shape index (κ3) is 4.43. The molecule has 1 aliphatic heterocycles. The highest BCUT2D eigenvalue weighted by molar-refractivity contribution is 6.31. The fourth-order valence-corrected chi connectivity index (χ4v) is 3.78. The monoisotopic (exact) mass is 435 g/mol. The highest BCUT2D eigenvalue weighted by Gasteiger charge is 2.43. The summed E-state index contributed by atoms with van der Waals surface area (Å²) >= 11 is 6.01. The number of hydrogen-bond donors (Lipinski definition) is 0. The second-order valence-corrected chi connectivity index (χ2v) is 7.61. The Balaban J connectivity index is 0.00000124. The fourth-order valence-electron chi connectivity index (χ4n) is 3.66.